The van der Waals surface area contributed by atoms with Crippen LogP contribution in [0, 0.1) is 0 Å². The van der Waals surface area contributed by atoms with Crippen LogP contribution in [-0.4, -0.2) is 59.6 Å². The van der Waals surface area contributed by atoms with Crippen molar-refractivity contribution >= 4 is 40.3 Å². The van der Waals surface area contributed by atoms with Gasteiger partial charge in [0.05, 0.1) is 24.7 Å². The third-order valence-corrected chi connectivity index (χ3v) is 6.38. The second-order valence-corrected chi connectivity index (χ2v) is 9.63. The van der Waals surface area contributed by atoms with Crippen LogP contribution in [0.1, 0.15) is 32.6 Å². The number of aliphatic hydroxyl groups excluding tert-OH is 3. The molecular formula is C27H27NO7S. The Hall–Kier alpha value is -3.60. The predicted octanol–water partition coefficient (Wildman–Crippen LogP) is 2.72. The summed E-state index contributed by atoms with van der Waals surface area (Å²) < 4.78 is 31.3. The highest BCUT2D eigenvalue weighted by Gasteiger charge is 2.30. The largest absolute Gasteiger partial charge is 0.394 e. The SMILES string of the molecule is O=C(NC(CO)(CO)CO)c1ccc(/C=C/c2ccc(/C=C/c3ccc(S(=O)(=O)O)cc3)cc2)cc1. The maximum atomic E-state index is 12.4. The predicted molar refractivity (Wildman–Crippen MR) is 138 cm³/mol. The Morgan fingerprint density at radius 2 is 1.00 bits per heavy atom. The first-order valence-electron chi connectivity index (χ1n) is 11.0. The molecule has 1 amide bonds. The van der Waals surface area contributed by atoms with Gasteiger partial charge in [-0.15, -0.1) is 0 Å². The minimum Gasteiger partial charge on any atom is -0.394 e. The molecule has 3 rings (SSSR count). The maximum absolute atomic E-state index is 12.4. The fraction of sp³-hybridized carbons (Fsp3) is 0.148. The number of hydrogen-bond acceptors (Lipinski definition) is 6. The lowest BCUT2D eigenvalue weighted by Crippen LogP contribution is -2.57. The Kier molecular flexibility index (Phi) is 8.92. The molecule has 0 aliphatic carbocycles. The van der Waals surface area contributed by atoms with Crippen molar-refractivity contribution < 1.29 is 33.1 Å². The summed E-state index contributed by atoms with van der Waals surface area (Å²) >= 11 is 0. The van der Waals surface area contributed by atoms with Crippen LogP contribution in [0.3, 0.4) is 0 Å². The van der Waals surface area contributed by atoms with E-state index in [-0.39, 0.29) is 4.90 Å². The highest BCUT2D eigenvalue weighted by atomic mass is 32.2. The van der Waals surface area contributed by atoms with Crippen molar-refractivity contribution in [2.24, 2.45) is 0 Å². The Balaban J connectivity index is 1.60. The summed E-state index contributed by atoms with van der Waals surface area (Å²) in [6.07, 6.45) is 7.54. The fourth-order valence-corrected chi connectivity index (χ4v) is 3.66. The van der Waals surface area contributed by atoms with Crippen molar-refractivity contribution in [1.29, 1.82) is 0 Å². The van der Waals surface area contributed by atoms with Gasteiger partial charge < -0.3 is 20.6 Å². The maximum Gasteiger partial charge on any atom is 0.294 e. The molecule has 36 heavy (non-hydrogen) atoms. The van der Waals surface area contributed by atoms with E-state index in [9.17, 15) is 28.5 Å². The normalized spacial score (nSPS) is 12.3. The summed E-state index contributed by atoms with van der Waals surface area (Å²) in [4.78, 5) is 12.2. The smallest absolute Gasteiger partial charge is 0.294 e. The highest BCUT2D eigenvalue weighted by Crippen LogP contribution is 2.15. The third-order valence-electron chi connectivity index (χ3n) is 5.51. The molecule has 9 heteroatoms. The molecular weight excluding hydrogens is 482 g/mol. The van der Waals surface area contributed by atoms with Crippen LogP contribution in [0.5, 0.6) is 0 Å². The van der Waals surface area contributed by atoms with Gasteiger partial charge in [-0.1, -0.05) is 72.8 Å². The number of amides is 1. The van der Waals surface area contributed by atoms with E-state index in [0.717, 1.165) is 22.3 Å². The van der Waals surface area contributed by atoms with E-state index in [1.54, 1.807) is 36.4 Å². The summed E-state index contributed by atoms with van der Waals surface area (Å²) in [5.41, 5.74) is 2.41. The molecule has 0 aliphatic rings. The van der Waals surface area contributed by atoms with E-state index in [4.69, 9.17) is 4.55 Å². The van der Waals surface area contributed by atoms with Crippen LogP contribution < -0.4 is 5.32 Å². The summed E-state index contributed by atoms with van der Waals surface area (Å²) in [6, 6.07) is 20.4. The monoisotopic (exact) mass is 509 g/mol. The molecule has 8 nitrogen and oxygen atoms in total. The molecule has 5 N–H and O–H groups in total. The molecule has 3 aromatic rings. The van der Waals surface area contributed by atoms with E-state index in [1.165, 1.54) is 12.1 Å². The number of carbonyl (C=O) groups excluding carboxylic acids is 1. The van der Waals surface area contributed by atoms with Gasteiger partial charge in [0.1, 0.15) is 5.54 Å². The van der Waals surface area contributed by atoms with Crippen molar-refractivity contribution in [2.75, 3.05) is 19.8 Å². The molecule has 0 atom stereocenters. The molecule has 0 unspecified atom stereocenters. The molecule has 0 aliphatic heterocycles. The number of benzene rings is 3. The average molecular weight is 510 g/mol. The lowest BCUT2D eigenvalue weighted by atomic mass is 10.0. The number of carbonyl (C=O) groups is 1. The molecule has 3 aromatic carbocycles. The Morgan fingerprint density at radius 3 is 1.33 bits per heavy atom. The Labute approximate surface area is 209 Å². The first-order valence-corrected chi connectivity index (χ1v) is 12.4. The number of aliphatic hydroxyl groups is 3. The molecule has 0 radical (unpaired) electrons. The van der Waals surface area contributed by atoms with Crippen LogP contribution in [0.4, 0.5) is 0 Å². The Bertz CT molecular complexity index is 1320. The highest BCUT2D eigenvalue weighted by molar-refractivity contribution is 7.85. The lowest BCUT2D eigenvalue weighted by Gasteiger charge is -2.28. The molecule has 0 heterocycles. The zero-order valence-corrected chi connectivity index (χ0v) is 20.1. The third kappa shape index (κ3) is 7.20. The fourth-order valence-electron chi connectivity index (χ4n) is 3.18. The summed E-state index contributed by atoms with van der Waals surface area (Å²) in [7, 11) is -4.21. The van der Waals surface area contributed by atoms with Crippen molar-refractivity contribution in [3.63, 3.8) is 0 Å². The zero-order chi connectivity index (χ0) is 26.2. The van der Waals surface area contributed by atoms with Crippen molar-refractivity contribution in [3.05, 3.63) is 101 Å². The van der Waals surface area contributed by atoms with Crippen LogP contribution in [-0.2, 0) is 10.1 Å². The van der Waals surface area contributed by atoms with Gasteiger partial charge in [-0.05, 0) is 46.5 Å². The van der Waals surface area contributed by atoms with Crippen LogP contribution >= 0.6 is 0 Å². The van der Waals surface area contributed by atoms with Gasteiger partial charge in [-0.2, -0.15) is 8.42 Å². The quantitative estimate of drug-likeness (QED) is 0.209. The van der Waals surface area contributed by atoms with Crippen molar-refractivity contribution in [1.82, 2.24) is 5.32 Å². The van der Waals surface area contributed by atoms with Crippen LogP contribution in [0.15, 0.2) is 77.7 Å². The molecule has 0 bridgehead atoms. The van der Waals surface area contributed by atoms with Gasteiger partial charge in [0.15, 0.2) is 0 Å². The van der Waals surface area contributed by atoms with E-state index in [2.05, 4.69) is 5.32 Å². The average Bonchev–Trinajstić information content (AvgIpc) is 2.90. The van der Waals surface area contributed by atoms with E-state index in [0.29, 0.717) is 5.56 Å². The summed E-state index contributed by atoms with van der Waals surface area (Å²) in [6.45, 7) is -1.78. The van der Waals surface area contributed by atoms with Crippen LogP contribution in [0.25, 0.3) is 24.3 Å². The molecule has 0 spiro atoms. The van der Waals surface area contributed by atoms with Crippen LogP contribution in [0.2, 0.25) is 0 Å². The first kappa shape index (κ1) is 27.0. The second-order valence-electron chi connectivity index (χ2n) is 8.21. The zero-order valence-electron chi connectivity index (χ0n) is 19.3. The van der Waals surface area contributed by atoms with E-state index < -0.39 is 41.4 Å². The second kappa shape index (κ2) is 11.9. The molecule has 188 valence electrons. The summed E-state index contributed by atoms with van der Waals surface area (Å²) in [5, 5.41) is 30.5. The van der Waals surface area contributed by atoms with Gasteiger partial charge in [0.25, 0.3) is 16.0 Å². The summed E-state index contributed by atoms with van der Waals surface area (Å²) in [5.74, 6) is -0.513. The lowest BCUT2D eigenvalue weighted by molar-refractivity contribution is 0.0375. The minimum atomic E-state index is -4.21. The number of hydrogen-bond donors (Lipinski definition) is 5. The molecule has 0 saturated carbocycles. The van der Waals surface area contributed by atoms with E-state index >= 15 is 0 Å². The Morgan fingerprint density at radius 1 is 0.667 bits per heavy atom. The molecule has 0 fully saturated rings. The van der Waals surface area contributed by atoms with Gasteiger partial charge in [-0.3, -0.25) is 9.35 Å². The van der Waals surface area contributed by atoms with Crippen molar-refractivity contribution in [2.45, 2.75) is 10.4 Å². The van der Waals surface area contributed by atoms with Gasteiger partial charge in [0.2, 0.25) is 0 Å². The van der Waals surface area contributed by atoms with Crippen molar-refractivity contribution in [3.8, 4) is 0 Å². The minimum absolute atomic E-state index is 0.152. The standard InChI is InChI=1S/C27H27NO7S/c29-17-27(18-30,19-31)28-26(32)24-13-9-22(10-14-24)7-5-20-1-3-21(4-2-20)6-8-23-11-15-25(16-12-23)36(33,34)35/h1-16,29-31H,17-19H2,(H,28,32)(H,33,34,35)/b7-5+,8-6+. The number of rotatable bonds is 10. The van der Waals surface area contributed by atoms with Gasteiger partial charge in [-0.25, -0.2) is 0 Å². The topological polar surface area (TPSA) is 144 Å². The first-order chi connectivity index (χ1) is 17.2. The molecule has 0 aromatic heterocycles. The van der Waals surface area contributed by atoms with Gasteiger partial charge >= 0.3 is 0 Å². The number of nitrogens with one attached hydrogen (secondary N) is 1. The molecule has 0 saturated heterocycles. The van der Waals surface area contributed by atoms with E-state index in [1.807, 2.05) is 48.6 Å². The van der Waals surface area contributed by atoms with Gasteiger partial charge in [0, 0.05) is 5.56 Å².